The van der Waals surface area contributed by atoms with Crippen molar-refractivity contribution in [1.29, 1.82) is 0 Å². The number of nitrogens with two attached hydrogens (primary N) is 1. The molecule has 0 spiro atoms. The lowest BCUT2D eigenvalue weighted by atomic mass is 9.93. The Balaban J connectivity index is 0.00000162. The Morgan fingerprint density at radius 2 is 2.11 bits per heavy atom. The Morgan fingerprint density at radius 1 is 1.42 bits per heavy atom. The van der Waals surface area contributed by atoms with E-state index in [0.29, 0.717) is 5.92 Å². The molecule has 0 saturated carbocycles. The molecular formula is C13H25Cl2N3S. The van der Waals surface area contributed by atoms with Crippen LogP contribution >= 0.6 is 36.2 Å². The van der Waals surface area contributed by atoms with E-state index >= 15 is 0 Å². The van der Waals surface area contributed by atoms with Gasteiger partial charge >= 0.3 is 0 Å². The average molecular weight is 326 g/mol. The Bertz CT molecular complexity index is 376. The lowest BCUT2D eigenvalue weighted by Crippen LogP contribution is -2.23. The summed E-state index contributed by atoms with van der Waals surface area (Å²) < 4.78 is 0. The number of rotatable bonds is 3. The lowest BCUT2D eigenvalue weighted by molar-refractivity contribution is 0.317. The number of halogens is 2. The fourth-order valence-electron chi connectivity index (χ4n) is 2.17. The molecular weight excluding hydrogens is 301 g/mol. The average Bonchev–Trinajstić information content (AvgIpc) is 2.86. The summed E-state index contributed by atoms with van der Waals surface area (Å²) in [5.74, 6) is 0.692. The number of thiazole rings is 1. The molecule has 0 radical (unpaired) electrons. The molecule has 0 aliphatic carbocycles. The lowest BCUT2D eigenvalue weighted by Gasteiger charge is -2.15. The van der Waals surface area contributed by atoms with Gasteiger partial charge in [-0.25, -0.2) is 4.98 Å². The zero-order chi connectivity index (χ0) is 12.5. The van der Waals surface area contributed by atoms with Crippen LogP contribution in [0.25, 0.3) is 0 Å². The highest BCUT2D eigenvalue weighted by Gasteiger charge is 2.23. The fourth-order valence-corrected chi connectivity index (χ4v) is 3.23. The maximum atomic E-state index is 5.71. The second-order valence-electron chi connectivity index (χ2n) is 6.00. The first kappa shape index (κ1) is 19.1. The van der Waals surface area contributed by atoms with Gasteiger partial charge in [-0.2, -0.15) is 0 Å². The zero-order valence-corrected chi connectivity index (χ0v) is 14.3. The van der Waals surface area contributed by atoms with Crippen molar-refractivity contribution in [3.63, 3.8) is 0 Å². The highest BCUT2D eigenvalue weighted by atomic mass is 35.5. The molecule has 1 aliphatic heterocycles. The largest absolute Gasteiger partial charge is 0.330 e. The van der Waals surface area contributed by atoms with Crippen LogP contribution in [0.3, 0.4) is 0 Å². The first-order chi connectivity index (χ1) is 7.99. The van der Waals surface area contributed by atoms with Crippen LogP contribution in [0.2, 0.25) is 0 Å². The molecule has 1 unspecified atom stereocenters. The number of nitrogens with zero attached hydrogens (tertiary/aromatic N) is 2. The van der Waals surface area contributed by atoms with E-state index in [1.165, 1.54) is 23.7 Å². The molecule has 1 saturated heterocycles. The van der Waals surface area contributed by atoms with Crippen molar-refractivity contribution in [1.82, 2.24) is 9.88 Å². The van der Waals surface area contributed by atoms with Crippen molar-refractivity contribution < 1.29 is 0 Å². The maximum absolute atomic E-state index is 5.71. The summed E-state index contributed by atoms with van der Waals surface area (Å²) in [5, 5.41) is 3.44. The summed E-state index contributed by atoms with van der Waals surface area (Å²) in [6.07, 6.45) is 1.24. The predicted octanol–water partition coefficient (Wildman–Crippen LogP) is 3.06. The van der Waals surface area contributed by atoms with E-state index in [-0.39, 0.29) is 30.2 Å². The van der Waals surface area contributed by atoms with Gasteiger partial charge in [0.15, 0.2) is 0 Å². The van der Waals surface area contributed by atoms with E-state index in [9.17, 15) is 0 Å². The van der Waals surface area contributed by atoms with Gasteiger partial charge in [-0.1, -0.05) is 20.8 Å². The van der Waals surface area contributed by atoms with Crippen LogP contribution in [0.1, 0.15) is 37.9 Å². The van der Waals surface area contributed by atoms with Crippen LogP contribution in [0.15, 0.2) is 5.38 Å². The molecule has 0 amide bonds. The Labute approximate surface area is 132 Å². The molecule has 1 atom stereocenters. The van der Waals surface area contributed by atoms with Gasteiger partial charge in [0.2, 0.25) is 0 Å². The molecule has 1 aromatic heterocycles. The van der Waals surface area contributed by atoms with E-state index in [1.807, 2.05) is 0 Å². The molecule has 2 heterocycles. The van der Waals surface area contributed by atoms with Gasteiger partial charge in [-0.3, -0.25) is 4.90 Å². The predicted molar refractivity (Wildman–Crippen MR) is 87.7 cm³/mol. The Hall–Kier alpha value is 0.130. The number of aromatic nitrogens is 1. The van der Waals surface area contributed by atoms with Crippen LogP contribution in [0, 0.1) is 5.92 Å². The van der Waals surface area contributed by atoms with E-state index in [0.717, 1.165) is 19.6 Å². The van der Waals surface area contributed by atoms with Crippen LogP contribution < -0.4 is 5.73 Å². The molecule has 3 nitrogen and oxygen atoms in total. The van der Waals surface area contributed by atoms with Crippen LogP contribution in [0.5, 0.6) is 0 Å². The first-order valence-corrected chi connectivity index (χ1v) is 7.24. The highest BCUT2D eigenvalue weighted by molar-refractivity contribution is 7.09. The van der Waals surface area contributed by atoms with E-state index in [4.69, 9.17) is 10.7 Å². The molecule has 6 heteroatoms. The van der Waals surface area contributed by atoms with Gasteiger partial charge in [-0.05, 0) is 25.4 Å². The second kappa shape index (κ2) is 7.79. The number of hydrogen-bond donors (Lipinski definition) is 1. The van der Waals surface area contributed by atoms with E-state index in [2.05, 4.69) is 31.1 Å². The minimum atomic E-state index is 0. The molecule has 112 valence electrons. The molecule has 1 aromatic rings. The van der Waals surface area contributed by atoms with Gasteiger partial charge in [0.1, 0.15) is 5.01 Å². The molecule has 2 rings (SSSR count). The zero-order valence-electron chi connectivity index (χ0n) is 11.9. The van der Waals surface area contributed by atoms with Gasteiger partial charge in [0.25, 0.3) is 0 Å². The monoisotopic (exact) mass is 325 g/mol. The maximum Gasteiger partial charge on any atom is 0.107 e. The molecule has 1 aliphatic rings. The summed E-state index contributed by atoms with van der Waals surface area (Å²) in [7, 11) is 0. The molecule has 0 aromatic carbocycles. The summed E-state index contributed by atoms with van der Waals surface area (Å²) in [5.41, 5.74) is 7.09. The smallest absolute Gasteiger partial charge is 0.107 e. The van der Waals surface area contributed by atoms with Crippen molar-refractivity contribution in [2.24, 2.45) is 11.7 Å². The summed E-state index contributed by atoms with van der Waals surface area (Å²) in [4.78, 5) is 7.22. The minimum Gasteiger partial charge on any atom is -0.330 e. The summed E-state index contributed by atoms with van der Waals surface area (Å²) in [6, 6.07) is 0. The van der Waals surface area contributed by atoms with Gasteiger partial charge < -0.3 is 5.73 Å². The second-order valence-corrected chi connectivity index (χ2v) is 6.94. The van der Waals surface area contributed by atoms with Crippen LogP contribution in [0.4, 0.5) is 0 Å². The van der Waals surface area contributed by atoms with Crippen molar-refractivity contribution >= 4 is 36.2 Å². The van der Waals surface area contributed by atoms with Crippen molar-refractivity contribution in [2.75, 3.05) is 19.6 Å². The standard InChI is InChI=1S/C13H23N3S.2ClH/c1-13(2,3)11-9-17-12(15-11)8-16-5-4-10(6-14)7-16;;/h9-10H,4-8,14H2,1-3H3;2*1H. The molecule has 0 bridgehead atoms. The third-order valence-electron chi connectivity index (χ3n) is 3.38. The van der Waals surface area contributed by atoms with Crippen molar-refractivity contribution in [3.05, 3.63) is 16.1 Å². The van der Waals surface area contributed by atoms with E-state index in [1.54, 1.807) is 11.3 Å². The number of likely N-dealkylation sites (tertiary alicyclic amines) is 1. The number of hydrogen-bond acceptors (Lipinski definition) is 4. The Morgan fingerprint density at radius 3 is 2.58 bits per heavy atom. The van der Waals surface area contributed by atoms with Crippen LogP contribution in [-0.2, 0) is 12.0 Å². The normalized spacial score (nSPS) is 19.9. The fraction of sp³-hybridized carbons (Fsp3) is 0.769. The summed E-state index contributed by atoms with van der Waals surface area (Å²) in [6.45, 7) is 10.8. The third-order valence-corrected chi connectivity index (χ3v) is 4.22. The molecule has 19 heavy (non-hydrogen) atoms. The SMILES string of the molecule is CC(C)(C)c1csc(CN2CCC(CN)C2)n1.Cl.Cl. The summed E-state index contributed by atoms with van der Waals surface area (Å²) >= 11 is 1.79. The highest BCUT2D eigenvalue weighted by Crippen LogP contribution is 2.25. The Kier molecular flexibility index (Phi) is 7.85. The quantitative estimate of drug-likeness (QED) is 0.928. The third kappa shape index (κ3) is 5.20. The molecule has 1 fully saturated rings. The van der Waals surface area contributed by atoms with Crippen molar-refractivity contribution in [2.45, 2.75) is 39.2 Å². The van der Waals surface area contributed by atoms with Gasteiger partial charge in [0, 0.05) is 17.3 Å². The van der Waals surface area contributed by atoms with Crippen molar-refractivity contribution in [3.8, 4) is 0 Å². The minimum absolute atomic E-state index is 0. The first-order valence-electron chi connectivity index (χ1n) is 6.36. The topological polar surface area (TPSA) is 42.1 Å². The van der Waals surface area contributed by atoms with Gasteiger partial charge in [-0.15, -0.1) is 36.2 Å². The van der Waals surface area contributed by atoms with Crippen LogP contribution in [-0.4, -0.2) is 29.5 Å². The molecule has 2 N–H and O–H groups in total. The van der Waals surface area contributed by atoms with Gasteiger partial charge in [0.05, 0.1) is 12.2 Å². The van der Waals surface area contributed by atoms with E-state index < -0.39 is 0 Å².